The van der Waals surface area contributed by atoms with Gasteiger partial charge in [-0.15, -0.1) is 0 Å². The standard InChI is InChI=1S/C20H27N3O2/c1-20(2)14-23(17-6-7-17)13-15(19(20)24)12-16-4-3-5-18(21-16)22-8-10-25-11-9-22/h3-5,12,17H,6-11,13-14H2,1-2H3/b15-12+. The van der Waals surface area contributed by atoms with E-state index in [1.807, 2.05) is 24.3 Å². The molecule has 0 atom stereocenters. The van der Waals surface area contributed by atoms with Crippen LogP contribution in [0, 0.1) is 5.41 Å². The first-order valence-corrected chi connectivity index (χ1v) is 9.32. The van der Waals surface area contributed by atoms with Crippen LogP contribution in [-0.2, 0) is 9.53 Å². The molecule has 0 radical (unpaired) electrons. The summed E-state index contributed by atoms with van der Waals surface area (Å²) in [6, 6.07) is 6.73. The summed E-state index contributed by atoms with van der Waals surface area (Å²) < 4.78 is 5.42. The summed E-state index contributed by atoms with van der Waals surface area (Å²) in [7, 11) is 0. The van der Waals surface area contributed by atoms with Crippen LogP contribution in [0.3, 0.4) is 0 Å². The molecule has 2 aliphatic heterocycles. The van der Waals surface area contributed by atoms with Crippen molar-refractivity contribution < 1.29 is 9.53 Å². The molecule has 1 aliphatic carbocycles. The lowest BCUT2D eigenvalue weighted by Crippen LogP contribution is -2.48. The van der Waals surface area contributed by atoms with Crippen LogP contribution in [0.15, 0.2) is 23.8 Å². The molecule has 5 nitrogen and oxygen atoms in total. The molecule has 0 aromatic carbocycles. The van der Waals surface area contributed by atoms with Crippen molar-refractivity contribution in [3.8, 4) is 0 Å². The van der Waals surface area contributed by atoms with Crippen molar-refractivity contribution in [3.05, 3.63) is 29.5 Å². The Morgan fingerprint density at radius 2 is 2.00 bits per heavy atom. The normalized spacial score (nSPS) is 26.2. The van der Waals surface area contributed by atoms with Crippen LogP contribution in [0.4, 0.5) is 5.82 Å². The van der Waals surface area contributed by atoms with Crippen LogP contribution in [0.2, 0.25) is 0 Å². The van der Waals surface area contributed by atoms with Gasteiger partial charge in [-0.25, -0.2) is 4.98 Å². The fraction of sp³-hybridized carbons (Fsp3) is 0.600. The number of nitrogens with zero attached hydrogens (tertiary/aromatic N) is 3. The number of piperidine rings is 1. The van der Waals surface area contributed by atoms with Crippen molar-refractivity contribution in [2.75, 3.05) is 44.3 Å². The lowest BCUT2D eigenvalue weighted by atomic mass is 9.79. The second-order valence-electron chi connectivity index (χ2n) is 8.04. The molecule has 134 valence electrons. The highest BCUT2D eigenvalue weighted by Crippen LogP contribution is 2.36. The van der Waals surface area contributed by atoms with Gasteiger partial charge in [0.05, 0.1) is 18.9 Å². The highest BCUT2D eigenvalue weighted by molar-refractivity contribution is 6.04. The number of hydrogen-bond donors (Lipinski definition) is 0. The second-order valence-corrected chi connectivity index (χ2v) is 8.04. The van der Waals surface area contributed by atoms with Gasteiger partial charge in [0.1, 0.15) is 5.82 Å². The molecule has 5 heteroatoms. The van der Waals surface area contributed by atoms with Gasteiger partial charge in [0.2, 0.25) is 0 Å². The van der Waals surface area contributed by atoms with E-state index in [9.17, 15) is 4.79 Å². The van der Waals surface area contributed by atoms with Crippen molar-refractivity contribution in [3.63, 3.8) is 0 Å². The fourth-order valence-electron chi connectivity index (χ4n) is 3.84. The monoisotopic (exact) mass is 341 g/mol. The third kappa shape index (κ3) is 3.62. The minimum Gasteiger partial charge on any atom is -0.378 e. The van der Waals surface area contributed by atoms with Crippen molar-refractivity contribution in [1.82, 2.24) is 9.88 Å². The molecule has 1 aromatic rings. The van der Waals surface area contributed by atoms with Crippen molar-refractivity contribution >= 4 is 17.7 Å². The number of aromatic nitrogens is 1. The molecule has 0 unspecified atom stereocenters. The molecule has 2 saturated heterocycles. The third-order valence-electron chi connectivity index (χ3n) is 5.35. The topological polar surface area (TPSA) is 45.7 Å². The first kappa shape index (κ1) is 16.7. The summed E-state index contributed by atoms with van der Waals surface area (Å²) in [4.78, 5) is 22.4. The SMILES string of the molecule is CC1(C)CN(C2CC2)C/C(=C\c2cccc(N3CCOCC3)n2)C1=O. The van der Waals surface area contributed by atoms with Gasteiger partial charge in [-0.3, -0.25) is 9.69 Å². The number of hydrogen-bond acceptors (Lipinski definition) is 5. The Kier molecular flexibility index (Phi) is 4.38. The van der Waals surface area contributed by atoms with E-state index < -0.39 is 0 Å². The summed E-state index contributed by atoms with van der Waals surface area (Å²) in [5.41, 5.74) is 1.46. The zero-order valence-electron chi connectivity index (χ0n) is 15.2. The number of anilines is 1. The molecule has 1 aromatic heterocycles. The summed E-state index contributed by atoms with van der Waals surface area (Å²) in [5.74, 6) is 1.24. The van der Waals surface area contributed by atoms with E-state index >= 15 is 0 Å². The molecule has 0 bridgehead atoms. The number of pyridine rings is 1. The quantitative estimate of drug-likeness (QED) is 0.790. The number of ketones is 1. The van der Waals surface area contributed by atoms with E-state index in [0.29, 0.717) is 6.04 Å². The van der Waals surface area contributed by atoms with Crippen LogP contribution >= 0.6 is 0 Å². The fourth-order valence-corrected chi connectivity index (χ4v) is 3.84. The highest BCUT2D eigenvalue weighted by atomic mass is 16.5. The van der Waals surface area contributed by atoms with Gasteiger partial charge in [0.25, 0.3) is 0 Å². The number of likely N-dealkylation sites (tertiary alicyclic amines) is 1. The number of Topliss-reactive ketones (excluding diaryl/α,β-unsaturated/α-hetero) is 1. The molecule has 3 heterocycles. The Morgan fingerprint density at radius 1 is 1.24 bits per heavy atom. The van der Waals surface area contributed by atoms with Crippen LogP contribution in [0.1, 0.15) is 32.4 Å². The predicted octanol–water partition coefficient (Wildman–Crippen LogP) is 2.37. The van der Waals surface area contributed by atoms with Gasteiger partial charge < -0.3 is 9.64 Å². The molecule has 1 saturated carbocycles. The van der Waals surface area contributed by atoms with Gasteiger partial charge in [-0.05, 0) is 31.1 Å². The largest absolute Gasteiger partial charge is 0.378 e. The summed E-state index contributed by atoms with van der Waals surface area (Å²) in [5, 5.41) is 0. The maximum absolute atomic E-state index is 12.9. The minimum absolute atomic E-state index is 0.267. The highest BCUT2D eigenvalue weighted by Gasteiger charge is 2.42. The maximum atomic E-state index is 12.9. The average molecular weight is 341 g/mol. The Bertz CT molecular complexity index is 688. The Labute approximate surface area is 149 Å². The lowest BCUT2D eigenvalue weighted by molar-refractivity contribution is -0.126. The Balaban J connectivity index is 1.59. The van der Waals surface area contributed by atoms with E-state index in [2.05, 4.69) is 23.6 Å². The molecule has 0 amide bonds. The summed E-state index contributed by atoms with van der Waals surface area (Å²) >= 11 is 0. The first-order chi connectivity index (χ1) is 12.0. The zero-order chi connectivity index (χ0) is 17.4. The number of ether oxygens (including phenoxy) is 1. The van der Waals surface area contributed by atoms with Gasteiger partial charge in [-0.1, -0.05) is 19.9 Å². The van der Waals surface area contributed by atoms with E-state index in [4.69, 9.17) is 9.72 Å². The van der Waals surface area contributed by atoms with Crippen molar-refractivity contribution in [2.24, 2.45) is 5.41 Å². The van der Waals surface area contributed by atoms with E-state index in [0.717, 1.165) is 56.5 Å². The molecule has 3 aliphatic rings. The van der Waals surface area contributed by atoms with Gasteiger partial charge in [0.15, 0.2) is 5.78 Å². The molecular formula is C20H27N3O2. The molecule has 4 rings (SSSR count). The maximum Gasteiger partial charge on any atom is 0.167 e. The number of carbonyl (C=O) groups excluding carboxylic acids is 1. The number of morpholine rings is 1. The van der Waals surface area contributed by atoms with Crippen LogP contribution in [-0.4, -0.2) is 61.1 Å². The predicted molar refractivity (Wildman–Crippen MR) is 98.6 cm³/mol. The van der Waals surface area contributed by atoms with E-state index in [-0.39, 0.29) is 11.2 Å². The first-order valence-electron chi connectivity index (χ1n) is 9.32. The number of carbonyl (C=O) groups is 1. The third-order valence-corrected chi connectivity index (χ3v) is 5.35. The van der Waals surface area contributed by atoms with Crippen LogP contribution in [0.5, 0.6) is 0 Å². The minimum atomic E-state index is -0.311. The van der Waals surface area contributed by atoms with Gasteiger partial charge in [-0.2, -0.15) is 0 Å². The van der Waals surface area contributed by atoms with Crippen molar-refractivity contribution in [1.29, 1.82) is 0 Å². The molecule has 3 fully saturated rings. The smallest absolute Gasteiger partial charge is 0.167 e. The van der Waals surface area contributed by atoms with Crippen molar-refractivity contribution in [2.45, 2.75) is 32.7 Å². The summed E-state index contributed by atoms with van der Waals surface area (Å²) in [6.45, 7) is 8.99. The Morgan fingerprint density at radius 3 is 2.72 bits per heavy atom. The Hall–Kier alpha value is -1.72. The molecule has 0 spiro atoms. The lowest BCUT2D eigenvalue weighted by Gasteiger charge is -2.38. The van der Waals surface area contributed by atoms with E-state index in [1.54, 1.807) is 0 Å². The van der Waals surface area contributed by atoms with Gasteiger partial charge in [0, 0.05) is 43.2 Å². The van der Waals surface area contributed by atoms with Crippen LogP contribution < -0.4 is 4.90 Å². The van der Waals surface area contributed by atoms with Gasteiger partial charge >= 0.3 is 0 Å². The molecule has 0 N–H and O–H groups in total. The number of rotatable bonds is 3. The summed E-state index contributed by atoms with van der Waals surface area (Å²) in [6.07, 6.45) is 4.53. The van der Waals surface area contributed by atoms with Crippen LogP contribution in [0.25, 0.3) is 6.08 Å². The average Bonchev–Trinajstić information content (AvgIpc) is 3.45. The van der Waals surface area contributed by atoms with E-state index in [1.165, 1.54) is 12.8 Å². The molecule has 25 heavy (non-hydrogen) atoms. The molecular weight excluding hydrogens is 314 g/mol. The zero-order valence-corrected chi connectivity index (χ0v) is 15.2. The second kappa shape index (κ2) is 6.54.